The van der Waals surface area contributed by atoms with Crippen LogP contribution in [0.25, 0.3) is 10.8 Å². The zero-order valence-corrected chi connectivity index (χ0v) is 18.6. The molecule has 1 aliphatic rings. The molecule has 0 aromatic heterocycles. The number of nitrogens with zero attached hydrogens (tertiary/aromatic N) is 1. The van der Waals surface area contributed by atoms with E-state index in [-0.39, 0.29) is 29.9 Å². The lowest BCUT2D eigenvalue weighted by atomic mass is 10.1. The van der Waals surface area contributed by atoms with E-state index in [1.54, 1.807) is 24.3 Å². The van der Waals surface area contributed by atoms with E-state index in [0.717, 1.165) is 17.2 Å². The van der Waals surface area contributed by atoms with Gasteiger partial charge in [0.05, 0.1) is 23.3 Å². The van der Waals surface area contributed by atoms with Gasteiger partial charge >= 0.3 is 0 Å². The molecule has 164 valence electrons. The Hall–Kier alpha value is -3.32. The molecule has 1 aliphatic heterocycles. The van der Waals surface area contributed by atoms with Crippen molar-refractivity contribution in [1.82, 2.24) is 0 Å². The minimum atomic E-state index is -0.569. The third-order valence-electron chi connectivity index (χ3n) is 5.12. The minimum absolute atomic E-state index is 0.0842. The standard InChI is InChI=1S/C25H24N2O4S/c1-2-13-31-21-11-9-20(10-12-21)27-24(29)15-22(25(27)30)32-16-23(28)26-19-8-7-17-5-3-4-6-18(17)14-19/h3-12,14,22H,2,13,15-16H2,1H3,(H,26,28). The maximum Gasteiger partial charge on any atom is 0.247 e. The van der Waals surface area contributed by atoms with E-state index in [0.29, 0.717) is 23.7 Å². The average molecular weight is 449 g/mol. The number of hydrogen-bond donors (Lipinski definition) is 1. The Morgan fingerprint density at radius 3 is 2.56 bits per heavy atom. The van der Waals surface area contributed by atoms with Crippen LogP contribution in [0.1, 0.15) is 19.8 Å². The Balaban J connectivity index is 1.34. The fourth-order valence-corrected chi connectivity index (χ4v) is 4.49. The summed E-state index contributed by atoms with van der Waals surface area (Å²) in [6.07, 6.45) is 0.985. The summed E-state index contributed by atoms with van der Waals surface area (Å²) in [4.78, 5) is 38.9. The van der Waals surface area contributed by atoms with Crippen LogP contribution in [0.3, 0.4) is 0 Å². The summed E-state index contributed by atoms with van der Waals surface area (Å²) in [7, 11) is 0. The number of amides is 3. The molecule has 1 unspecified atom stereocenters. The van der Waals surface area contributed by atoms with Crippen molar-refractivity contribution in [2.75, 3.05) is 22.6 Å². The molecule has 0 bridgehead atoms. The maximum atomic E-state index is 12.8. The van der Waals surface area contributed by atoms with Crippen LogP contribution in [0.2, 0.25) is 0 Å². The highest BCUT2D eigenvalue weighted by molar-refractivity contribution is 8.01. The van der Waals surface area contributed by atoms with E-state index in [4.69, 9.17) is 4.74 Å². The van der Waals surface area contributed by atoms with E-state index in [2.05, 4.69) is 5.32 Å². The number of anilines is 2. The van der Waals surface area contributed by atoms with E-state index in [1.807, 2.05) is 49.4 Å². The number of carbonyl (C=O) groups excluding carboxylic acids is 3. The average Bonchev–Trinajstić information content (AvgIpc) is 3.09. The molecule has 32 heavy (non-hydrogen) atoms. The van der Waals surface area contributed by atoms with E-state index in [9.17, 15) is 14.4 Å². The summed E-state index contributed by atoms with van der Waals surface area (Å²) in [6.45, 7) is 2.64. The molecule has 0 spiro atoms. The molecule has 0 radical (unpaired) electrons. The van der Waals surface area contributed by atoms with Gasteiger partial charge in [-0.1, -0.05) is 37.3 Å². The van der Waals surface area contributed by atoms with E-state index >= 15 is 0 Å². The third kappa shape index (κ3) is 4.94. The van der Waals surface area contributed by atoms with Crippen molar-refractivity contribution in [3.63, 3.8) is 0 Å². The normalized spacial score (nSPS) is 15.9. The predicted octanol–water partition coefficient (Wildman–Crippen LogP) is 4.63. The highest BCUT2D eigenvalue weighted by atomic mass is 32.2. The van der Waals surface area contributed by atoms with Gasteiger partial charge in [0.15, 0.2) is 0 Å². The second-order valence-corrected chi connectivity index (χ2v) is 8.71. The number of benzene rings is 3. The van der Waals surface area contributed by atoms with Gasteiger partial charge in [-0.25, -0.2) is 4.90 Å². The predicted molar refractivity (Wildman–Crippen MR) is 128 cm³/mol. The quantitative estimate of drug-likeness (QED) is 0.509. The van der Waals surface area contributed by atoms with Crippen molar-refractivity contribution < 1.29 is 19.1 Å². The van der Waals surface area contributed by atoms with E-state index in [1.165, 1.54) is 16.7 Å². The van der Waals surface area contributed by atoms with Gasteiger partial charge in [0.2, 0.25) is 17.7 Å². The number of rotatable bonds is 8. The third-order valence-corrected chi connectivity index (χ3v) is 6.32. The zero-order chi connectivity index (χ0) is 22.5. The lowest BCUT2D eigenvalue weighted by Gasteiger charge is -2.15. The highest BCUT2D eigenvalue weighted by Crippen LogP contribution is 2.31. The van der Waals surface area contributed by atoms with Gasteiger partial charge in [-0.05, 0) is 53.6 Å². The number of ether oxygens (including phenoxy) is 1. The van der Waals surface area contributed by atoms with Crippen molar-refractivity contribution in [3.05, 3.63) is 66.7 Å². The highest BCUT2D eigenvalue weighted by Gasteiger charge is 2.40. The summed E-state index contributed by atoms with van der Waals surface area (Å²) in [5, 5.41) is 4.43. The molecular formula is C25H24N2O4S. The lowest BCUT2D eigenvalue weighted by Crippen LogP contribution is -2.31. The van der Waals surface area contributed by atoms with Crippen LogP contribution < -0.4 is 15.0 Å². The fourth-order valence-electron chi connectivity index (χ4n) is 3.56. The molecule has 7 heteroatoms. The SMILES string of the molecule is CCCOc1ccc(N2C(=O)CC(SCC(=O)Nc3ccc4ccccc4c3)C2=O)cc1. The van der Waals surface area contributed by atoms with Gasteiger partial charge < -0.3 is 10.1 Å². The van der Waals surface area contributed by atoms with Gasteiger partial charge in [-0.2, -0.15) is 0 Å². The second kappa shape index (κ2) is 9.87. The summed E-state index contributed by atoms with van der Waals surface area (Å²) in [5.41, 5.74) is 1.22. The number of carbonyl (C=O) groups is 3. The van der Waals surface area contributed by atoms with Crippen LogP contribution in [-0.2, 0) is 14.4 Å². The molecule has 4 rings (SSSR count). The molecule has 1 N–H and O–H groups in total. The van der Waals surface area contributed by atoms with Crippen molar-refractivity contribution in [1.29, 1.82) is 0 Å². The first-order chi connectivity index (χ1) is 15.5. The largest absolute Gasteiger partial charge is 0.494 e. The Morgan fingerprint density at radius 2 is 1.81 bits per heavy atom. The molecule has 3 aromatic rings. The molecule has 6 nitrogen and oxygen atoms in total. The first-order valence-corrected chi connectivity index (χ1v) is 11.6. The summed E-state index contributed by atoms with van der Waals surface area (Å²) in [6, 6.07) is 20.6. The van der Waals surface area contributed by atoms with Crippen LogP contribution in [0.15, 0.2) is 66.7 Å². The Kier molecular flexibility index (Phi) is 6.75. The number of hydrogen-bond acceptors (Lipinski definition) is 5. The first-order valence-electron chi connectivity index (χ1n) is 10.5. The van der Waals surface area contributed by atoms with Crippen LogP contribution in [0.4, 0.5) is 11.4 Å². The molecule has 1 atom stereocenters. The number of nitrogens with one attached hydrogen (secondary N) is 1. The zero-order valence-electron chi connectivity index (χ0n) is 17.7. The molecule has 0 saturated carbocycles. The van der Waals surface area contributed by atoms with Crippen molar-refractivity contribution in [3.8, 4) is 5.75 Å². The molecule has 1 heterocycles. The van der Waals surface area contributed by atoms with Crippen molar-refractivity contribution in [2.45, 2.75) is 25.0 Å². The summed E-state index contributed by atoms with van der Waals surface area (Å²) in [5.74, 6) is 0.0338. The fraction of sp³-hybridized carbons (Fsp3) is 0.240. The molecule has 3 amide bonds. The van der Waals surface area contributed by atoms with Crippen LogP contribution in [0.5, 0.6) is 5.75 Å². The summed E-state index contributed by atoms with van der Waals surface area (Å²) < 4.78 is 5.55. The van der Waals surface area contributed by atoms with Gasteiger partial charge in [-0.3, -0.25) is 14.4 Å². The number of fused-ring (bicyclic) bond motifs is 1. The molecule has 1 fully saturated rings. The Bertz CT molecular complexity index is 1150. The van der Waals surface area contributed by atoms with Crippen molar-refractivity contribution in [2.24, 2.45) is 0 Å². The van der Waals surface area contributed by atoms with Crippen LogP contribution in [0, 0.1) is 0 Å². The molecule has 0 aliphatic carbocycles. The molecule has 1 saturated heterocycles. The van der Waals surface area contributed by atoms with Crippen LogP contribution in [-0.4, -0.2) is 35.3 Å². The minimum Gasteiger partial charge on any atom is -0.494 e. The van der Waals surface area contributed by atoms with Crippen LogP contribution >= 0.6 is 11.8 Å². The maximum absolute atomic E-state index is 12.8. The van der Waals surface area contributed by atoms with Gasteiger partial charge in [-0.15, -0.1) is 11.8 Å². The Labute approximate surface area is 190 Å². The monoisotopic (exact) mass is 448 g/mol. The van der Waals surface area contributed by atoms with Crippen molar-refractivity contribution >= 4 is 51.6 Å². The topological polar surface area (TPSA) is 75.7 Å². The first kappa shape index (κ1) is 21.9. The molecule has 3 aromatic carbocycles. The number of imide groups is 1. The van der Waals surface area contributed by atoms with Gasteiger partial charge in [0.1, 0.15) is 5.75 Å². The molecular weight excluding hydrogens is 424 g/mol. The van der Waals surface area contributed by atoms with Gasteiger partial charge in [0, 0.05) is 12.1 Å². The number of thioether (sulfide) groups is 1. The lowest BCUT2D eigenvalue weighted by molar-refractivity contribution is -0.121. The van der Waals surface area contributed by atoms with Gasteiger partial charge in [0.25, 0.3) is 0 Å². The second-order valence-electron chi connectivity index (χ2n) is 7.52. The van der Waals surface area contributed by atoms with E-state index < -0.39 is 5.25 Å². The summed E-state index contributed by atoms with van der Waals surface area (Å²) >= 11 is 1.19. The smallest absolute Gasteiger partial charge is 0.247 e. The Morgan fingerprint density at radius 1 is 1.06 bits per heavy atom.